The molecule has 0 unspecified atom stereocenters. The number of ether oxygens (including phenoxy) is 15. The van der Waals surface area contributed by atoms with E-state index in [-0.39, 0.29) is 0 Å². The Morgan fingerprint density at radius 2 is 0.587 bits per heavy atom. The summed E-state index contributed by atoms with van der Waals surface area (Å²) in [7, 11) is -10.8. The maximum absolute atomic E-state index is 12.9. The Morgan fingerprint density at radius 3 is 1.05 bits per heavy atom. The van der Waals surface area contributed by atoms with Gasteiger partial charge in [0.05, 0.1) is 52.9 Å². The maximum Gasteiger partial charge on any atom is 0.397 e. The molecule has 8 rings (SSSR count). The zero-order valence-electron chi connectivity index (χ0n) is 57.6. The number of hydrogen-bond acceptors (Lipinski definition) is 45. The fraction of sp³-hybridized carbons (Fsp3) is 0.929. The van der Waals surface area contributed by atoms with Crippen molar-refractivity contribution in [1.82, 2.24) is 21.3 Å². The molecule has 8 fully saturated rings. The average molecular weight is 1640 g/mol. The van der Waals surface area contributed by atoms with Crippen LogP contribution in [0.1, 0.15) is 27.7 Å². The number of hydrogen-bond donors (Lipinski definition) is 26. The molecule has 0 radical (unpaired) electrons. The Labute approximate surface area is 616 Å². The molecular weight excluding hydrogens is 1540 g/mol. The van der Waals surface area contributed by atoms with Gasteiger partial charge in [-0.2, -0.15) is 16.8 Å². The smallest absolute Gasteiger partial charge is 0.394 e. The van der Waals surface area contributed by atoms with Crippen molar-refractivity contribution in [3.05, 3.63) is 0 Å². The number of carbonyl (C=O) groups is 4. The summed E-state index contributed by atoms with van der Waals surface area (Å²) in [6.45, 7) is -5.95. The minimum absolute atomic E-state index is 0.804. The molecule has 0 saturated carbocycles. The van der Waals surface area contributed by atoms with E-state index in [0.717, 1.165) is 27.7 Å². The Bertz CT molecular complexity index is 3180. The topological polar surface area (TPSA) is 787 Å². The second-order valence-corrected chi connectivity index (χ2v) is 28.6. The SMILES string of the molecule is CC(=O)N[C@@H]1[C@@H](O)[C@H](O[C@@H]2O[C@H](CO)[C@@H](O[C@@H]3O[C@H](CO[C@H]4O[C@H](CO)[C@@H](O)[C@H](O)[C@@H]4O[C@@H]4O[C@H](COS(=O)(=O)O)[C@@H](O[C@@H]5O[C@H](CO)[C@H](O)[C@H](O)[C@H]5O)[C@H](O)[C@H]4NC(C)=O)[C@@H](O)[C@H](O[C@H]4O[C@H](CO)[C@@H](O)[C@H](O)[C@@H]4O[C@@H]4O[C@H](COS(=O)(=O)O)[C@@H](O)[C@H](O)[C@H]4NC(C)=O)[C@@H]3O)[C@H](O)[C@H]2NC(C)=O)[C@@H](CO)O[C@H]1O. The molecule has 0 aromatic carbocycles. The van der Waals surface area contributed by atoms with Gasteiger partial charge in [0.25, 0.3) is 0 Å². The Balaban J connectivity index is 1.16. The first-order chi connectivity index (χ1) is 51.1. The van der Waals surface area contributed by atoms with Crippen LogP contribution >= 0.6 is 0 Å². The van der Waals surface area contributed by atoms with Gasteiger partial charge in [0.2, 0.25) is 23.6 Å². The van der Waals surface area contributed by atoms with Crippen LogP contribution < -0.4 is 21.3 Å². The zero-order chi connectivity index (χ0) is 80.9. The molecule has 0 aromatic heterocycles. The van der Waals surface area contributed by atoms with Gasteiger partial charge in [-0.1, -0.05) is 0 Å². The third-order valence-corrected chi connectivity index (χ3v) is 19.5. The fourth-order valence-corrected chi connectivity index (χ4v) is 13.9. The molecule has 0 aromatic rings. The predicted octanol–water partition coefficient (Wildman–Crippen LogP) is -18.2. The van der Waals surface area contributed by atoms with Gasteiger partial charge in [-0.15, -0.1) is 0 Å². The van der Waals surface area contributed by atoms with Crippen LogP contribution in [0.15, 0.2) is 0 Å². The van der Waals surface area contributed by atoms with E-state index in [1.165, 1.54) is 0 Å². The fourth-order valence-electron chi connectivity index (χ4n) is 13.2. The molecule has 51 nitrogen and oxygen atoms in total. The second-order valence-electron chi connectivity index (χ2n) is 26.4. The first-order valence-electron chi connectivity index (χ1n) is 33.4. The molecule has 8 saturated heterocycles. The van der Waals surface area contributed by atoms with E-state index in [2.05, 4.69) is 29.6 Å². The monoisotopic (exact) mass is 1640 g/mol. The van der Waals surface area contributed by atoms with Gasteiger partial charge in [-0.05, 0) is 0 Å². The summed E-state index contributed by atoms with van der Waals surface area (Å²) >= 11 is 0. The van der Waals surface area contributed by atoms with Gasteiger partial charge in [0.15, 0.2) is 50.3 Å². The molecular formula is C56H94N4O47S2. The second kappa shape index (κ2) is 38.8. The number of aliphatic hydroxyl groups excluding tert-OH is 20. The Morgan fingerprint density at radius 1 is 0.284 bits per heavy atom. The molecule has 632 valence electrons. The van der Waals surface area contributed by atoms with E-state index in [1.807, 2.05) is 0 Å². The summed E-state index contributed by atoms with van der Waals surface area (Å²) in [6, 6.07) is -7.65. The summed E-state index contributed by atoms with van der Waals surface area (Å²) < 4.78 is 163. The lowest BCUT2D eigenvalue weighted by Gasteiger charge is -2.51. The van der Waals surface area contributed by atoms with Crippen LogP contribution in [0.3, 0.4) is 0 Å². The van der Waals surface area contributed by atoms with Crippen molar-refractivity contribution in [2.75, 3.05) is 52.9 Å². The van der Waals surface area contributed by atoms with E-state index in [1.54, 1.807) is 0 Å². The summed E-state index contributed by atoms with van der Waals surface area (Å²) in [4.78, 5) is 50.5. The summed E-state index contributed by atoms with van der Waals surface area (Å²) in [5, 5.41) is 233. The van der Waals surface area contributed by atoms with Gasteiger partial charge in [-0.25, -0.2) is 8.37 Å². The van der Waals surface area contributed by atoms with Crippen LogP contribution in [0.25, 0.3) is 0 Å². The van der Waals surface area contributed by atoms with Crippen molar-refractivity contribution < 1.29 is 227 Å². The average Bonchev–Trinajstić information content (AvgIpc) is 0.750. The van der Waals surface area contributed by atoms with Crippen LogP contribution in [0.5, 0.6) is 0 Å². The Hall–Kier alpha value is -3.78. The lowest BCUT2D eigenvalue weighted by molar-refractivity contribution is -0.396. The normalized spacial score (nSPS) is 46.0. The largest absolute Gasteiger partial charge is 0.397 e. The van der Waals surface area contributed by atoms with E-state index in [0.29, 0.717) is 0 Å². The Kier molecular flexibility index (Phi) is 32.3. The molecule has 40 atom stereocenters. The molecule has 0 spiro atoms. The van der Waals surface area contributed by atoms with Crippen LogP contribution in [0, 0.1) is 0 Å². The summed E-state index contributed by atoms with van der Waals surface area (Å²) in [5.74, 6) is -3.78. The van der Waals surface area contributed by atoms with Gasteiger partial charge in [0.1, 0.15) is 195 Å². The van der Waals surface area contributed by atoms with Crippen LogP contribution in [0.4, 0.5) is 0 Å². The van der Waals surface area contributed by atoms with Crippen LogP contribution in [-0.2, 0) is 119 Å². The van der Waals surface area contributed by atoms with Crippen LogP contribution in [0.2, 0.25) is 0 Å². The van der Waals surface area contributed by atoms with Gasteiger partial charge >= 0.3 is 20.8 Å². The van der Waals surface area contributed by atoms with E-state index in [9.17, 15) is 147 Å². The highest BCUT2D eigenvalue weighted by atomic mass is 32.3. The number of amides is 4. The van der Waals surface area contributed by atoms with Gasteiger partial charge in [-0.3, -0.25) is 28.3 Å². The van der Waals surface area contributed by atoms with Crippen molar-refractivity contribution in [2.45, 2.75) is 273 Å². The van der Waals surface area contributed by atoms with Crippen molar-refractivity contribution in [3.8, 4) is 0 Å². The van der Waals surface area contributed by atoms with E-state index in [4.69, 9.17) is 71.1 Å². The molecule has 53 heteroatoms. The number of carbonyl (C=O) groups excluding carboxylic acids is 4. The van der Waals surface area contributed by atoms with Crippen molar-refractivity contribution in [1.29, 1.82) is 0 Å². The third-order valence-electron chi connectivity index (χ3n) is 18.7. The molecule has 8 aliphatic rings. The molecule has 0 bridgehead atoms. The van der Waals surface area contributed by atoms with Crippen LogP contribution in [-0.4, -0.2) is 450 Å². The van der Waals surface area contributed by atoms with Gasteiger partial charge < -0.3 is 194 Å². The number of aliphatic hydroxyl groups is 20. The predicted molar refractivity (Wildman–Crippen MR) is 332 cm³/mol. The highest BCUT2D eigenvalue weighted by Crippen LogP contribution is 2.39. The standard InChI is InChI=1S/C56H94N4O47S2/c1-13(66)57-25-35(76)43(20(8-64)94-49(25)84)102-51-27(59-15(3)68)36(77)44(21(9-65)98-51)103-54-42(83)46(105-56-48(40(81)31(72)19(7-63)97-56)107-50-26(58-14(2)67)34(75)32(73)23(99-50)11-92-108(85,86)87)33(74)22(100-54)10-91-55-47(39(80)30(71)18(6-62)96-55)106-52-28(60-16(4)69)37(78)45(24(101-52)12-93-109(88,89)90)104-53-41(82)38(79)29(70)17(5-61)95-53/h17-56,61-65,70-84H,5-12H2,1-4H3,(H,57,66)(H,58,67)(H,59,68)(H,60,69)(H,85,86,87)(H,88,89,90)/t17-,18-,19-,20-,21-,22-,23-,24-,25-,26-,27-,28-,29+,30-,31-,32-,33-,34-,35-,36-,37-,38+,39+,40+,41-,42+,43-,44-,45-,46+,47+,48+,49-,50+,51+,52+,53+,54+,55+,56-/m1/s1. The highest BCUT2D eigenvalue weighted by Gasteiger charge is 2.60. The molecule has 109 heavy (non-hydrogen) atoms. The maximum atomic E-state index is 12.9. The third kappa shape index (κ3) is 21.9. The first-order valence-corrected chi connectivity index (χ1v) is 36.2. The molecule has 0 aliphatic carbocycles. The zero-order valence-corrected chi connectivity index (χ0v) is 59.2. The molecule has 8 heterocycles. The van der Waals surface area contributed by atoms with Crippen molar-refractivity contribution in [2.24, 2.45) is 0 Å². The summed E-state index contributed by atoms with van der Waals surface area (Å²) in [6.07, 6.45) is -78.9. The quantitative estimate of drug-likeness (QED) is 0.0297. The first kappa shape index (κ1) is 90.8. The summed E-state index contributed by atoms with van der Waals surface area (Å²) in [5.41, 5.74) is 0. The minimum Gasteiger partial charge on any atom is -0.394 e. The van der Waals surface area contributed by atoms with E-state index < -0.39 is 343 Å². The highest BCUT2D eigenvalue weighted by molar-refractivity contribution is 7.81. The number of rotatable bonds is 30. The lowest BCUT2D eigenvalue weighted by atomic mass is 9.93. The minimum atomic E-state index is -5.47. The number of nitrogens with one attached hydrogen (secondary N) is 4. The van der Waals surface area contributed by atoms with Gasteiger partial charge in [0, 0.05) is 27.7 Å². The molecule has 8 aliphatic heterocycles. The van der Waals surface area contributed by atoms with Crippen molar-refractivity contribution >= 4 is 44.4 Å². The lowest BCUT2D eigenvalue weighted by Crippen LogP contribution is -2.70. The molecule has 4 amide bonds. The molecule has 26 N–H and O–H groups in total. The van der Waals surface area contributed by atoms with Crippen molar-refractivity contribution in [3.63, 3.8) is 0 Å². The van der Waals surface area contributed by atoms with E-state index >= 15 is 0 Å².